The molecule has 1 N–H and O–H groups in total. The highest BCUT2D eigenvalue weighted by Gasteiger charge is 2.25. The van der Waals surface area contributed by atoms with Gasteiger partial charge in [0, 0.05) is 31.3 Å². The molecule has 1 atom stereocenters. The molecule has 0 spiro atoms. The maximum absolute atomic E-state index is 12.9. The van der Waals surface area contributed by atoms with E-state index in [2.05, 4.69) is 60.4 Å². The molecule has 1 saturated heterocycles. The number of methoxy groups -OCH3 is 1. The van der Waals surface area contributed by atoms with Crippen LogP contribution in [0.1, 0.15) is 48.4 Å². The van der Waals surface area contributed by atoms with E-state index in [1.807, 2.05) is 24.3 Å². The molecule has 2 aromatic carbocycles. The van der Waals surface area contributed by atoms with Gasteiger partial charge in [0.2, 0.25) is 0 Å². The Morgan fingerprint density at radius 3 is 2.38 bits per heavy atom. The molecule has 1 aliphatic rings. The van der Waals surface area contributed by atoms with Crippen LogP contribution in [0.3, 0.4) is 0 Å². The molecule has 1 unspecified atom stereocenters. The van der Waals surface area contributed by atoms with Crippen LogP contribution in [-0.4, -0.2) is 55.9 Å². The van der Waals surface area contributed by atoms with Crippen molar-refractivity contribution < 1.29 is 18.8 Å². The van der Waals surface area contributed by atoms with Gasteiger partial charge in [-0.05, 0) is 40.8 Å². The molecular formula is C27H33N3O4. The first-order valence-electron chi connectivity index (χ1n) is 11.7. The normalized spacial score (nSPS) is 15.6. The Morgan fingerprint density at radius 2 is 1.76 bits per heavy atom. The number of aromatic nitrogens is 1. The third-order valence-corrected chi connectivity index (χ3v) is 6.22. The van der Waals surface area contributed by atoms with Crippen LogP contribution in [0.2, 0.25) is 0 Å². The lowest BCUT2D eigenvalue weighted by molar-refractivity contribution is 0.0162. The van der Waals surface area contributed by atoms with E-state index in [1.54, 1.807) is 13.2 Å². The maximum atomic E-state index is 12.9. The summed E-state index contributed by atoms with van der Waals surface area (Å²) in [6.07, 6.45) is 0. The van der Waals surface area contributed by atoms with E-state index in [0.717, 1.165) is 24.4 Å². The number of carbonyl (C=O) groups excluding carboxylic acids is 1. The average molecular weight is 464 g/mol. The molecule has 0 aliphatic carbocycles. The van der Waals surface area contributed by atoms with E-state index in [1.165, 1.54) is 11.1 Å². The summed E-state index contributed by atoms with van der Waals surface area (Å²) in [5, 5.41) is 7.04. The largest absolute Gasteiger partial charge is 0.497 e. The molecule has 0 saturated carbocycles. The minimum atomic E-state index is -0.256. The lowest BCUT2D eigenvalue weighted by atomic mass is 9.86. The number of ether oxygens (including phenoxy) is 2. The van der Waals surface area contributed by atoms with E-state index in [4.69, 9.17) is 14.0 Å². The van der Waals surface area contributed by atoms with Crippen LogP contribution in [0.15, 0.2) is 59.1 Å². The summed E-state index contributed by atoms with van der Waals surface area (Å²) in [5.41, 5.74) is 3.64. The van der Waals surface area contributed by atoms with Crippen molar-refractivity contribution in [3.63, 3.8) is 0 Å². The monoisotopic (exact) mass is 463 g/mol. The van der Waals surface area contributed by atoms with Crippen molar-refractivity contribution >= 4 is 5.91 Å². The molecule has 0 radical (unpaired) electrons. The van der Waals surface area contributed by atoms with E-state index in [0.29, 0.717) is 25.5 Å². The van der Waals surface area contributed by atoms with Crippen molar-refractivity contribution in [1.29, 1.82) is 0 Å². The minimum Gasteiger partial charge on any atom is -0.497 e. The molecule has 34 heavy (non-hydrogen) atoms. The summed E-state index contributed by atoms with van der Waals surface area (Å²) in [5.74, 6) is 1.04. The van der Waals surface area contributed by atoms with Gasteiger partial charge in [0.05, 0.1) is 26.4 Å². The lowest BCUT2D eigenvalue weighted by Crippen LogP contribution is -2.43. The van der Waals surface area contributed by atoms with Gasteiger partial charge in [0.15, 0.2) is 11.5 Å². The van der Waals surface area contributed by atoms with Crippen molar-refractivity contribution in [2.24, 2.45) is 0 Å². The van der Waals surface area contributed by atoms with Crippen molar-refractivity contribution in [3.8, 4) is 17.1 Å². The summed E-state index contributed by atoms with van der Waals surface area (Å²) in [7, 11) is 1.62. The fourth-order valence-corrected chi connectivity index (χ4v) is 4.11. The van der Waals surface area contributed by atoms with Crippen LogP contribution in [0.25, 0.3) is 11.3 Å². The number of hydrogen-bond acceptors (Lipinski definition) is 6. The van der Waals surface area contributed by atoms with Crippen LogP contribution >= 0.6 is 0 Å². The first kappa shape index (κ1) is 24.0. The van der Waals surface area contributed by atoms with Gasteiger partial charge in [-0.1, -0.05) is 50.2 Å². The van der Waals surface area contributed by atoms with Gasteiger partial charge in [0.1, 0.15) is 5.75 Å². The first-order valence-corrected chi connectivity index (χ1v) is 11.7. The van der Waals surface area contributed by atoms with Crippen molar-refractivity contribution in [1.82, 2.24) is 15.4 Å². The van der Waals surface area contributed by atoms with E-state index in [-0.39, 0.29) is 23.1 Å². The number of hydrogen-bond donors (Lipinski definition) is 1. The fraction of sp³-hybridized carbons (Fsp3) is 0.407. The van der Waals surface area contributed by atoms with Gasteiger partial charge in [-0.15, -0.1) is 0 Å². The molecule has 180 valence electrons. The zero-order chi connectivity index (χ0) is 24.1. The standard InChI is InChI=1S/C27H33N3O4/c1-27(2,3)21-9-5-19(6-10-21)24(30-13-15-33-16-14-30)18-28-26(31)23-17-25(34-29-23)20-7-11-22(32-4)12-8-20/h5-12,17,24H,13-16,18H2,1-4H3,(H,28,31). The molecule has 1 aliphatic heterocycles. The number of nitrogens with zero attached hydrogens (tertiary/aromatic N) is 2. The van der Waals surface area contributed by atoms with Crippen LogP contribution < -0.4 is 10.1 Å². The Balaban J connectivity index is 1.46. The van der Waals surface area contributed by atoms with Gasteiger partial charge < -0.3 is 19.3 Å². The number of rotatable bonds is 7. The molecule has 7 heteroatoms. The zero-order valence-electron chi connectivity index (χ0n) is 20.3. The molecule has 1 amide bonds. The van der Waals surface area contributed by atoms with Gasteiger partial charge in [-0.2, -0.15) is 0 Å². The molecule has 3 aromatic rings. The van der Waals surface area contributed by atoms with Gasteiger partial charge in [-0.25, -0.2) is 0 Å². The zero-order valence-corrected chi connectivity index (χ0v) is 20.3. The average Bonchev–Trinajstić information content (AvgIpc) is 3.35. The second kappa shape index (κ2) is 10.4. The van der Waals surface area contributed by atoms with Crippen LogP contribution in [0, 0.1) is 0 Å². The molecule has 1 fully saturated rings. The predicted octanol–water partition coefficient (Wildman–Crippen LogP) is 4.45. The second-order valence-corrected chi connectivity index (χ2v) is 9.55. The number of benzene rings is 2. The number of nitrogens with one attached hydrogen (secondary N) is 1. The Bertz CT molecular complexity index is 1080. The topological polar surface area (TPSA) is 76.8 Å². The lowest BCUT2D eigenvalue weighted by Gasteiger charge is -2.35. The highest BCUT2D eigenvalue weighted by atomic mass is 16.5. The Morgan fingerprint density at radius 1 is 1.09 bits per heavy atom. The maximum Gasteiger partial charge on any atom is 0.273 e. The summed E-state index contributed by atoms with van der Waals surface area (Å²) >= 11 is 0. The van der Waals surface area contributed by atoms with Crippen molar-refractivity contribution in [3.05, 3.63) is 71.4 Å². The van der Waals surface area contributed by atoms with Gasteiger partial charge >= 0.3 is 0 Å². The van der Waals surface area contributed by atoms with Crippen LogP contribution in [0.4, 0.5) is 0 Å². The van der Waals surface area contributed by atoms with Crippen molar-refractivity contribution in [2.75, 3.05) is 40.0 Å². The van der Waals surface area contributed by atoms with Crippen LogP contribution in [-0.2, 0) is 10.2 Å². The number of morpholine rings is 1. The van der Waals surface area contributed by atoms with E-state index < -0.39 is 0 Å². The Hall–Kier alpha value is -3.16. The molecule has 7 nitrogen and oxygen atoms in total. The van der Waals surface area contributed by atoms with Gasteiger partial charge in [-0.3, -0.25) is 9.69 Å². The number of carbonyl (C=O) groups is 1. The fourth-order valence-electron chi connectivity index (χ4n) is 4.11. The summed E-state index contributed by atoms with van der Waals surface area (Å²) in [4.78, 5) is 15.3. The third-order valence-electron chi connectivity index (χ3n) is 6.22. The number of amides is 1. The molecule has 0 bridgehead atoms. The van der Waals surface area contributed by atoms with E-state index in [9.17, 15) is 4.79 Å². The summed E-state index contributed by atoms with van der Waals surface area (Å²) < 4.78 is 16.2. The van der Waals surface area contributed by atoms with Crippen LogP contribution in [0.5, 0.6) is 5.75 Å². The summed E-state index contributed by atoms with van der Waals surface area (Å²) in [6, 6.07) is 17.9. The Kier molecular flexibility index (Phi) is 7.34. The SMILES string of the molecule is COc1ccc(-c2cc(C(=O)NCC(c3ccc(C(C)(C)C)cc3)N3CCOCC3)no2)cc1. The third kappa shape index (κ3) is 5.66. The quantitative estimate of drug-likeness (QED) is 0.558. The van der Waals surface area contributed by atoms with Gasteiger partial charge in [0.25, 0.3) is 5.91 Å². The Labute approximate surface area is 201 Å². The molecule has 1 aromatic heterocycles. The molecule has 2 heterocycles. The highest BCUT2D eigenvalue weighted by molar-refractivity contribution is 5.93. The smallest absolute Gasteiger partial charge is 0.273 e. The minimum absolute atomic E-state index is 0.0508. The second-order valence-electron chi connectivity index (χ2n) is 9.55. The molecule has 4 rings (SSSR count). The predicted molar refractivity (Wildman–Crippen MR) is 131 cm³/mol. The van der Waals surface area contributed by atoms with E-state index >= 15 is 0 Å². The first-order chi connectivity index (χ1) is 16.3. The van der Waals surface area contributed by atoms with Crippen molar-refractivity contribution in [2.45, 2.75) is 32.2 Å². The summed E-state index contributed by atoms with van der Waals surface area (Å²) in [6.45, 7) is 10.1. The highest BCUT2D eigenvalue weighted by Crippen LogP contribution is 2.27. The molecular weight excluding hydrogens is 430 g/mol.